The van der Waals surface area contributed by atoms with E-state index in [2.05, 4.69) is 0 Å². The van der Waals surface area contributed by atoms with Crippen LogP contribution in [0.5, 0.6) is 0 Å². The summed E-state index contributed by atoms with van der Waals surface area (Å²) in [5.74, 6) is -0.543. The Labute approximate surface area is 138 Å². The number of benzene rings is 1. The largest absolute Gasteiger partial charge is 0.440 e. The van der Waals surface area contributed by atoms with Gasteiger partial charge in [0.1, 0.15) is 0 Å². The minimum absolute atomic E-state index is 0.114. The highest BCUT2D eigenvalue weighted by Gasteiger charge is 2.31. The molecule has 0 radical (unpaired) electrons. The van der Waals surface area contributed by atoms with E-state index in [-0.39, 0.29) is 18.8 Å². The van der Waals surface area contributed by atoms with Gasteiger partial charge in [0.05, 0.1) is 0 Å². The van der Waals surface area contributed by atoms with Crippen LogP contribution in [0.25, 0.3) is 0 Å². The molecule has 0 spiro atoms. The fourth-order valence-electron chi connectivity index (χ4n) is 2.73. The predicted molar refractivity (Wildman–Crippen MR) is 90.1 cm³/mol. The lowest BCUT2D eigenvalue weighted by Crippen LogP contribution is -2.41. The van der Waals surface area contributed by atoms with Crippen LogP contribution in [-0.4, -0.2) is 11.9 Å². The highest BCUT2D eigenvalue weighted by Crippen LogP contribution is 2.26. The minimum atomic E-state index is -1.15. The summed E-state index contributed by atoms with van der Waals surface area (Å²) in [6.07, 6.45) is 1.54. The fourth-order valence-corrected chi connectivity index (χ4v) is 2.73. The van der Waals surface area contributed by atoms with E-state index in [1.807, 2.05) is 51.1 Å². The van der Waals surface area contributed by atoms with Crippen molar-refractivity contribution in [3.05, 3.63) is 35.9 Å². The Morgan fingerprint density at radius 3 is 2.26 bits per heavy atom. The Kier molecular flexibility index (Phi) is 7.23. The molecule has 0 aliphatic heterocycles. The number of hydrogen-bond donors (Lipinski definition) is 2. The minimum Gasteiger partial charge on any atom is -0.440 e. The Bertz CT molecular complexity index is 516. The van der Waals surface area contributed by atoms with E-state index in [1.165, 1.54) is 0 Å². The third-order valence-corrected chi connectivity index (χ3v) is 3.83. The number of primary amides is 1. The van der Waals surface area contributed by atoms with Crippen molar-refractivity contribution < 1.29 is 14.3 Å². The molecule has 1 rings (SSSR count). The number of rotatable bonds is 9. The molecule has 5 heteroatoms. The molecule has 5 nitrogen and oxygen atoms in total. The third-order valence-electron chi connectivity index (χ3n) is 3.83. The molecule has 0 saturated carbocycles. The highest BCUT2D eigenvalue weighted by molar-refractivity contribution is 5.76. The first-order chi connectivity index (χ1) is 10.8. The number of amides is 1. The van der Waals surface area contributed by atoms with Crippen molar-refractivity contribution in [3.8, 4) is 0 Å². The van der Waals surface area contributed by atoms with Gasteiger partial charge in [0.2, 0.25) is 5.91 Å². The van der Waals surface area contributed by atoms with Gasteiger partial charge in [-0.1, -0.05) is 51.1 Å². The molecule has 0 bridgehead atoms. The SMILES string of the molecule is CCC(N)(OC(=O)CC(CC(N)=O)CC(C)C)c1ccccc1. The summed E-state index contributed by atoms with van der Waals surface area (Å²) < 4.78 is 5.55. The number of carbonyl (C=O) groups is 2. The lowest BCUT2D eigenvalue weighted by Gasteiger charge is -2.29. The van der Waals surface area contributed by atoms with Crippen molar-refractivity contribution in [1.29, 1.82) is 0 Å². The molecule has 0 aromatic heterocycles. The lowest BCUT2D eigenvalue weighted by atomic mass is 9.91. The van der Waals surface area contributed by atoms with Gasteiger partial charge in [0.15, 0.2) is 5.72 Å². The van der Waals surface area contributed by atoms with E-state index in [0.29, 0.717) is 12.3 Å². The van der Waals surface area contributed by atoms with Gasteiger partial charge in [-0.25, -0.2) is 0 Å². The van der Waals surface area contributed by atoms with Crippen molar-refractivity contribution in [1.82, 2.24) is 0 Å². The topological polar surface area (TPSA) is 95.4 Å². The van der Waals surface area contributed by atoms with Crippen LogP contribution in [-0.2, 0) is 20.1 Å². The second kappa shape index (κ2) is 8.67. The summed E-state index contributed by atoms with van der Waals surface area (Å²) in [4.78, 5) is 23.5. The van der Waals surface area contributed by atoms with Gasteiger partial charge in [0.25, 0.3) is 0 Å². The molecule has 1 amide bonds. The molecule has 4 N–H and O–H groups in total. The standard InChI is InChI=1S/C18H28N2O3/c1-4-18(20,15-8-6-5-7-9-15)23-17(22)12-14(10-13(2)3)11-16(19)21/h5-9,13-14H,4,10-12,20H2,1-3H3,(H2,19,21). The Morgan fingerprint density at radius 1 is 1.17 bits per heavy atom. The van der Waals surface area contributed by atoms with Crippen molar-refractivity contribution in [2.75, 3.05) is 0 Å². The first-order valence-corrected chi connectivity index (χ1v) is 8.11. The van der Waals surface area contributed by atoms with Crippen molar-refractivity contribution in [2.45, 2.75) is 52.2 Å². The van der Waals surface area contributed by atoms with Gasteiger partial charge in [-0.2, -0.15) is 0 Å². The molecule has 0 aliphatic rings. The van der Waals surface area contributed by atoms with E-state index >= 15 is 0 Å². The summed E-state index contributed by atoms with van der Waals surface area (Å²) in [6.45, 7) is 5.96. The number of carbonyl (C=O) groups excluding carboxylic acids is 2. The van der Waals surface area contributed by atoms with Gasteiger partial charge in [-0.15, -0.1) is 0 Å². The highest BCUT2D eigenvalue weighted by atomic mass is 16.6. The Hall–Kier alpha value is -1.88. The second-order valence-corrected chi connectivity index (χ2v) is 6.45. The van der Waals surface area contributed by atoms with Crippen molar-refractivity contribution in [3.63, 3.8) is 0 Å². The number of esters is 1. The molecule has 23 heavy (non-hydrogen) atoms. The van der Waals surface area contributed by atoms with Gasteiger partial charge in [0, 0.05) is 24.8 Å². The molecule has 0 saturated heterocycles. The van der Waals surface area contributed by atoms with Crippen LogP contribution in [0.1, 0.15) is 52.0 Å². The summed E-state index contributed by atoms with van der Waals surface area (Å²) in [5.41, 5.74) is 11.1. The van der Waals surface area contributed by atoms with Crippen LogP contribution in [0.4, 0.5) is 0 Å². The quantitative estimate of drug-likeness (QED) is 0.540. The number of nitrogens with two attached hydrogens (primary N) is 2. The first-order valence-electron chi connectivity index (χ1n) is 8.11. The third kappa shape index (κ3) is 6.40. The van der Waals surface area contributed by atoms with Crippen LogP contribution in [0.2, 0.25) is 0 Å². The van der Waals surface area contributed by atoms with Crippen molar-refractivity contribution in [2.24, 2.45) is 23.3 Å². The average molecular weight is 320 g/mol. The molecule has 0 heterocycles. The summed E-state index contributed by atoms with van der Waals surface area (Å²) in [5, 5.41) is 0. The lowest BCUT2D eigenvalue weighted by molar-refractivity contribution is -0.162. The molecule has 128 valence electrons. The number of hydrogen-bond acceptors (Lipinski definition) is 4. The van der Waals surface area contributed by atoms with Crippen LogP contribution >= 0.6 is 0 Å². The molecule has 1 aromatic carbocycles. The zero-order valence-electron chi connectivity index (χ0n) is 14.2. The molecule has 0 aliphatic carbocycles. The Balaban J connectivity index is 2.76. The van der Waals surface area contributed by atoms with Crippen LogP contribution in [0, 0.1) is 11.8 Å². The summed E-state index contributed by atoms with van der Waals surface area (Å²) in [6, 6.07) is 9.27. The summed E-state index contributed by atoms with van der Waals surface area (Å²) >= 11 is 0. The van der Waals surface area contributed by atoms with E-state index in [1.54, 1.807) is 0 Å². The zero-order chi connectivity index (χ0) is 17.5. The van der Waals surface area contributed by atoms with E-state index < -0.39 is 17.6 Å². The predicted octanol–water partition coefficient (Wildman–Crippen LogP) is 2.68. The monoisotopic (exact) mass is 320 g/mol. The second-order valence-electron chi connectivity index (χ2n) is 6.45. The first kappa shape index (κ1) is 19.2. The van der Waals surface area contributed by atoms with Gasteiger partial charge < -0.3 is 10.5 Å². The smallest absolute Gasteiger partial charge is 0.308 e. The molecule has 2 atom stereocenters. The molecule has 2 unspecified atom stereocenters. The van der Waals surface area contributed by atoms with Gasteiger partial charge in [-0.05, 0) is 18.3 Å². The maximum atomic E-state index is 12.3. The Morgan fingerprint density at radius 2 is 1.78 bits per heavy atom. The number of ether oxygens (including phenoxy) is 1. The molecule has 1 aromatic rings. The van der Waals surface area contributed by atoms with E-state index in [0.717, 1.165) is 12.0 Å². The summed E-state index contributed by atoms with van der Waals surface area (Å²) in [7, 11) is 0. The fraction of sp³-hybridized carbons (Fsp3) is 0.556. The maximum Gasteiger partial charge on any atom is 0.308 e. The van der Waals surface area contributed by atoms with E-state index in [4.69, 9.17) is 16.2 Å². The maximum absolute atomic E-state index is 12.3. The van der Waals surface area contributed by atoms with Crippen molar-refractivity contribution >= 4 is 11.9 Å². The van der Waals surface area contributed by atoms with Crippen LogP contribution in [0.3, 0.4) is 0 Å². The average Bonchev–Trinajstić information content (AvgIpc) is 2.46. The van der Waals surface area contributed by atoms with Crippen LogP contribution < -0.4 is 11.5 Å². The van der Waals surface area contributed by atoms with Crippen LogP contribution in [0.15, 0.2) is 30.3 Å². The molecular weight excluding hydrogens is 292 g/mol. The molecule has 0 fully saturated rings. The van der Waals surface area contributed by atoms with Gasteiger partial charge in [-0.3, -0.25) is 15.3 Å². The zero-order valence-corrected chi connectivity index (χ0v) is 14.2. The normalized spacial score (nSPS) is 15.0. The van der Waals surface area contributed by atoms with Gasteiger partial charge >= 0.3 is 5.97 Å². The van der Waals surface area contributed by atoms with E-state index in [9.17, 15) is 9.59 Å². The molecular formula is C18H28N2O3.